The van der Waals surface area contributed by atoms with E-state index in [-0.39, 0.29) is 23.2 Å². The van der Waals surface area contributed by atoms with Crippen LogP contribution in [0.3, 0.4) is 0 Å². The van der Waals surface area contributed by atoms with E-state index < -0.39 is 5.91 Å². The van der Waals surface area contributed by atoms with Gasteiger partial charge in [0.2, 0.25) is 11.4 Å². The Labute approximate surface area is 233 Å². The molecule has 0 radical (unpaired) electrons. The van der Waals surface area contributed by atoms with Crippen LogP contribution < -0.4 is 16.6 Å². The van der Waals surface area contributed by atoms with Crippen LogP contribution in [0.5, 0.6) is 0 Å². The molecule has 1 fully saturated rings. The largest absolute Gasteiger partial charge is 0.383 e. The number of pyridine rings is 2. The minimum atomic E-state index is -2.20. The number of nitrogens with one attached hydrogen (secondary N) is 2. The zero-order valence-electron chi connectivity index (χ0n) is 21.8. The number of hydrogen-bond donors (Lipinski definition) is 5. The Morgan fingerprint density at radius 1 is 1.02 bits per heavy atom. The van der Waals surface area contributed by atoms with Gasteiger partial charge in [-0.15, -0.1) is 0 Å². The van der Waals surface area contributed by atoms with Gasteiger partial charge < -0.3 is 26.2 Å². The second-order valence-corrected chi connectivity index (χ2v) is 9.73. The summed E-state index contributed by atoms with van der Waals surface area (Å²) < 4.78 is 1.76. The number of benzene rings is 1. The van der Waals surface area contributed by atoms with Crippen LogP contribution >= 0.6 is 0 Å². The van der Waals surface area contributed by atoms with Crippen LogP contribution in [0.15, 0.2) is 71.8 Å². The molecule has 1 aliphatic rings. The summed E-state index contributed by atoms with van der Waals surface area (Å²) in [6, 6.07) is 17.0. The van der Waals surface area contributed by atoms with Crippen molar-refractivity contribution in [3.05, 3.63) is 88.7 Å². The summed E-state index contributed by atoms with van der Waals surface area (Å²) in [5.74, 6) is -0.776. The molecule has 41 heavy (non-hydrogen) atoms. The molecule has 0 bridgehead atoms. The van der Waals surface area contributed by atoms with Crippen molar-refractivity contribution in [2.45, 2.75) is 24.8 Å². The number of fused-ring (bicyclic) bond motifs is 1. The van der Waals surface area contributed by atoms with Gasteiger partial charge in [0.1, 0.15) is 28.9 Å². The van der Waals surface area contributed by atoms with Crippen LogP contribution in [0.1, 0.15) is 24.2 Å². The summed E-state index contributed by atoms with van der Waals surface area (Å²) in [5.41, 5.74) is 8.43. The third-order valence-corrected chi connectivity index (χ3v) is 7.17. The van der Waals surface area contributed by atoms with Crippen LogP contribution in [0.25, 0.3) is 28.2 Å². The zero-order chi connectivity index (χ0) is 28.6. The van der Waals surface area contributed by atoms with E-state index in [1.165, 1.54) is 12.3 Å². The molecule has 1 aliphatic heterocycles. The smallest absolute Gasteiger partial charge is 0.253 e. The number of nitriles is 1. The molecule has 206 valence electrons. The maximum atomic E-state index is 12.2. The molecule has 0 unspecified atom stereocenters. The van der Waals surface area contributed by atoms with Gasteiger partial charge >= 0.3 is 0 Å². The molecule has 0 spiro atoms. The summed E-state index contributed by atoms with van der Waals surface area (Å²) in [4.78, 5) is 33.5. The van der Waals surface area contributed by atoms with E-state index in [1.54, 1.807) is 64.2 Å². The average Bonchev–Trinajstić information content (AvgIpc) is 3.36. The van der Waals surface area contributed by atoms with E-state index in [0.717, 1.165) is 0 Å². The number of piperidine rings is 1. The number of likely N-dealkylation sites (tertiary alicyclic amines) is 1. The summed E-state index contributed by atoms with van der Waals surface area (Å²) in [6.07, 6.45) is 4.39. The van der Waals surface area contributed by atoms with Gasteiger partial charge in [-0.1, -0.05) is 12.1 Å². The van der Waals surface area contributed by atoms with Crippen molar-refractivity contribution < 1.29 is 10.2 Å². The number of imidazole rings is 1. The molecule has 6 rings (SSSR count). The Bertz CT molecular complexity index is 1820. The zero-order valence-corrected chi connectivity index (χ0v) is 21.8. The monoisotopic (exact) mass is 550 g/mol. The number of hydrogen-bond acceptors (Lipinski definition) is 11. The first kappa shape index (κ1) is 26.1. The third kappa shape index (κ3) is 4.98. The van der Waals surface area contributed by atoms with Crippen molar-refractivity contribution in [3.63, 3.8) is 0 Å². The number of nitrogen functional groups attached to an aromatic ring is 1. The number of H-pyrrole nitrogens is 1. The van der Waals surface area contributed by atoms with E-state index in [4.69, 9.17) is 11.0 Å². The lowest BCUT2D eigenvalue weighted by molar-refractivity contribution is -0.279. The molecule has 4 aromatic heterocycles. The lowest BCUT2D eigenvalue weighted by Gasteiger charge is -2.40. The summed E-state index contributed by atoms with van der Waals surface area (Å²) in [7, 11) is 0. The molecular weight excluding hydrogens is 524 g/mol. The standard InChI is InChI=1S/C28H26N10O3/c29-16-23-31-13-9-22(35-23)33-18-10-14-37(15-11-18)28(40,41)17-3-5-19(6-4-17)38-26(20-2-1-12-32-25(20)30)34-21-7-8-24(39)36-27(21)38/h1-9,12-13,18,40-41H,10-11,14-15H2,(H2,30,32)(H,36,39)(H,31,33,35). The highest BCUT2D eigenvalue weighted by atomic mass is 16.5. The number of rotatable bonds is 6. The lowest BCUT2D eigenvalue weighted by Crippen LogP contribution is -2.51. The predicted molar refractivity (Wildman–Crippen MR) is 150 cm³/mol. The molecule has 5 aromatic rings. The normalized spacial score (nSPS) is 14.7. The van der Waals surface area contributed by atoms with Gasteiger partial charge in [0.25, 0.3) is 5.91 Å². The average molecular weight is 551 g/mol. The van der Waals surface area contributed by atoms with E-state index in [9.17, 15) is 15.0 Å². The number of anilines is 2. The molecule has 1 saturated heterocycles. The van der Waals surface area contributed by atoms with Crippen LogP contribution in [0.4, 0.5) is 11.6 Å². The number of aliphatic hydroxyl groups is 2. The SMILES string of the molecule is N#Cc1nccc(NC2CCN(C(O)(O)c3ccc(-n4c(-c5cccnc5N)nc5ccc(=O)[nH]c54)cc3)CC2)n1. The summed E-state index contributed by atoms with van der Waals surface area (Å²) in [6.45, 7) is 0.834. The molecule has 0 amide bonds. The Balaban J connectivity index is 1.24. The molecular formula is C28H26N10O3. The molecule has 0 saturated carbocycles. The Hall–Kier alpha value is -5.16. The van der Waals surface area contributed by atoms with Gasteiger partial charge in [0.15, 0.2) is 5.82 Å². The van der Waals surface area contributed by atoms with Crippen LogP contribution in [0, 0.1) is 11.3 Å². The van der Waals surface area contributed by atoms with Crippen molar-refractivity contribution in [1.29, 1.82) is 5.26 Å². The maximum Gasteiger partial charge on any atom is 0.253 e. The molecule has 0 aliphatic carbocycles. The van der Waals surface area contributed by atoms with Crippen molar-refractivity contribution in [1.82, 2.24) is 34.4 Å². The fourth-order valence-corrected chi connectivity index (χ4v) is 5.08. The minimum absolute atomic E-state index is 0.0564. The van der Waals surface area contributed by atoms with Crippen molar-refractivity contribution in [2.75, 3.05) is 24.1 Å². The van der Waals surface area contributed by atoms with Gasteiger partial charge in [0, 0.05) is 48.8 Å². The van der Waals surface area contributed by atoms with Crippen molar-refractivity contribution >= 4 is 22.8 Å². The number of nitrogens with zero attached hydrogens (tertiary/aromatic N) is 7. The van der Waals surface area contributed by atoms with Gasteiger partial charge in [0.05, 0.1) is 5.56 Å². The van der Waals surface area contributed by atoms with E-state index in [0.29, 0.717) is 65.6 Å². The number of aromatic nitrogens is 6. The van der Waals surface area contributed by atoms with Crippen molar-refractivity contribution in [2.24, 2.45) is 0 Å². The van der Waals surface area contributed by atoms with E-state index in [1.807, 2.05) is 6.07 Å². The quantitative estimate of drug-likeness (QED) is 0.193. The third-order valence-electron chi connectivity index (χ3n) is 7.17. The second kappa shape index (κ2) is 10.4. The Morgan fingerprint density at radius 3 is 2.54 bits per heavy atom. The van der Waals surface area contributed by atoms with Crippen molar-refractivity contribution in [3.8, 4) is 23.1 Å². The molecule has 13 heteroatoms. The molecule has 0 atom stereocenters. The molecule has 6 N–H and O–H groups in total. The second-order valence-electron chi connectivity index (χ2n) is 9.73. The first-order valence-electron chi connectivity index (χ1n) is 13.0. The maximum absolute atomic E-state index is 12.2. The molecule has 5 heterocycles. The van der Waals surface area contributed by atoms with Gasteiger partial charge in [-0.2, -0.15) is 5.26 Å². The van der Waals surface area contributed by atoms with E-state index in [2.05, 4.69) is 30.2 Å². The predicted octanol–water partition coefficient (Wildman–Crippen LogP) is 1.69. The summed E-state index contributed by atoms with van der Waals surface area (Å²) >= 11 is 0. The Kier molecular flexibility index (Phi) is 6.64. The van der Waals surface area contributed by atoms with Crippen LogP contribution in [-0.2, 0) is 5.91 Å². The van der Waals surface area contributed by atoms with E-state index >= 15 is 0 Å². The number of nitrogens with two attached hydrogens (primary N) is 1. The van der Waals surface area contributed by atoms with Gasteiger partial charge in [-0.05, 0) is 49.2 Å². The Morgan fingerprint density at radius 2 is 1.80 bits per heavy atom. The minimum Gasteiger partial charge on any atom is -0.383 e. The molecule has 1 aromatic carbocycles. The first-order valence-corrected chi connectivity index (χ1v) is 13.0. The van der Waals surface area contributed by atoms with Gasteiger partial charge in [-0.25, -0.2) is 24.8 Å². The van der Waals surface area contributed by atoms with Gasteiger partial charge in [-0.3, -0.25) is 9.36 Å². The summed E-state index contributed by atoms with van der Waals surface area (Å²) in [5, 5.41) is 34.6. The fraction of sp³-hybridized carbons (Fsp3) is 0.214. The first-order chi connectivity index (χ1) is 19.8. The highest BCUT2D eigenvalue weighted by Crippen LogP contribution is 2.32. The molecule has 13 nitrogen and oxygen atoms in total. The highest BCUT2D eigenvalue weighted by molar-refractivity contribution is 5.82. The van der Waals surface area contributed by atoms with Crippen LogP contribution in [-0.4, -0.2) is 63.7 Å². The van der Waals surface area contributed by atoms with Crippen LogP contribution in [0.2, 0.25) is 0 Å². The fourth-order valence-electron chi connectivity index (χ4n) is 5.08. The highest BCUT2D eigenvalue weighted by Gasteiger charge is 2.36. The number of aromatic amines is 1. The lowest BCUT2D eigenvalue weighted by atomic mass is 10.0. The topological polar surface area (TPSA) is 195 Å².